The molecule has 2 fully saturated rings. The Bertz CT molecular complexity index is 762. The van der Waals surface area contributed by atoms with Gasteiger partial charge in [0, 0.05) is 11.6 Å². The summed E-state index contributed by atoms with van der Waals surface area (Å²) >= 11 is 0. The van der Waals surface area contributed by atoms with E-state index in [4.69, 9.17) is 4.74 Å². The maximum atomic E-state index is 12.6. The van der Waals surface area contributed by atoms with Crippen molar-refractivity contribution in [2.45, 2.75) is 43.5 Å². The van der Waals surface area contributed by atoms with Gasteiger partial charge < -0.3 is 10.1 Å². The minimum atomic E-state index is -3.70. The molecular formula is C18H26N2O4S. The van der Waals surface area contributed by atoms with Gasteiger partial charge in [-0.3, -0.25) is 4.79 Å². The first kappa shape index (κ1) is 18.2. The third-order valence-electron chi connectivity index (χ3n) is 5.78. The third kappa shape index (κ3) is 3.53. The van der Waals surface area contributed by atoms with Crippen molar-refractivity contribution >= 4 is 15.9 Å². The topological polar surface area (TPSA) is 84.5 Å². The van der Waals surface area contributed by atoms with E-state index < -0.39 is 10.0 Å². The number of nitrogens with one attached hydrogen (secondary N) is 2. The van der Waals surface area contributed by atoms with Gasteiger partial charge in [0.15, 0.2) is 0 Å². The third-order valence-corrected chi connectivity index (χ3v) is 7.21. The average molecular weight is 366 g/mol. The number of amides is 1. The Morgan fingerprint density at radius 3 is 2.60 bits per heavy atom. The fourth-order valence-corrected chi connectivity index (χ4v) is 5.36. The number of hydrogen-bond acceptors (Lipinski definition) is 4. The molecule has 1 aromatic carbocycles. The Morgan fingerprint density at radius 1 is 1.28 bits per heavy atom. The van der Waals surface area contributed by atoms with Crippen LogP contribution in [0, 0.1) is 17.8 Å². The highest BCUT2D eigenvalue weighted by atomic mass is 32.2. The summed E-state index contributed by atoms with van der Waals surface area (Å²) in [6.45, 7) is 2.05. The zero-order valence-electron chi connectivity index (χ0n) is 14.9. The molecule has 4 unspecified atom stereocenters. The van der Waals surface area contributed by atoms with E-state index in [1.54, 1.807) is 6.07 Å². The minimum absolute atomic E-state index is 0.0299. The lowest BCUT2D eigenvalue weighted by molar-refractivity contribution is 0.0915. The first-order valence-corrected chi connectivity index (χ1v) is 10.3. The van der Waals surface area contributed by atoms with Crippen molar-refractivity contribution in [2.24, 2.45) is 17.8 Å². The second-order valence-electron chi connectivity index (χ2n) is 7.17. The van der Waals surface area contributed by atoms with Gasteiger partial charge in [-0.1, -0.05) is 6.42 Å². The van der Waals surface area contributed by atoms with E-state index in [0.29, 0.717) is 11.5 Å². The molecule has 7 heteroatoms. The van der Waals surface area contributed by atoms with Crippen LogP contribution in [0.25, 0.3) is 0 Å². The number of hydrogen-bond donors (Lipinski definition) is 2. The number of methoxy groups -OCH3 is 1. The van der Waals surface area contributed by atoms with Crippen molar-refractivity contribution in [2.75, 3.05) is 14.2 Å². The van der Waals surface area contributed by atoms with Crippen molar-refractivity contribution in [3.05, 3.63) is 23.8 Å². The summed E-state index contributed by atoms with van der Waals surface area (Å²) in [5, 5.41) is 3.06. The molecule has 0 aromatic heterocycles. The van der Waals surface area contributed by atoms with Gasteiger partial charge >= 0.3 is 0 Å². The van der Waals surface area contributed by atoms with Crippen LogP contribution in [0.3, 0.4) is 0 Å². The molecule has 6 nitrogen and oxygen atoms in total. The van der Waals surface area contributed by atoms with Crippen molar-refractivity contribution < 1.29 is 17.9 Å². The molecule has 0 heterocycles. The molecule has 0 spiro atoms. The SMILES string of the molecule is CNS(=O)(=O)c1cc(C(=O)NC(C)C2CC3CCC2C3)ccc1OC. The largest absolute Gasteiger partial charge is 0.495 e. The highest BCUT2D eigenvalue weighted by Crippen LogP contribution is 2.49. The molecule has 0 radical (unpaired) electrons. The Hall–Kier alpha value is -1.60. The van der Waals surface area contributed by atoms with Gasteiger partial charge in [-0.2, -0.15) is 0 Å². The van der Waals surface area contributed by atoms with Crippen molar-refractivity contribution in [3.63, 3.8) is 0 Å². The quantitative estimate of drug-likeness (QED) is 0.808. The first-order valence-electron chi connectivity index (χ1n) is 8.78. The van der Waals surface area contributed by atoms with Crippen LogP contribution in [0.2, 0.25) is 0 Å². The molecule has 2 aliphatic rings. The predicted molar refractivity (Wildman–Crippen MR) is 95.1 cm³/mol. The minimum Gasteiger partial charge on any atom is -0.495 e. The van der Waals surface area contributed by atoms with Gasteiger partial charge in [0.2, 0.25) is 10.0 Å². The summed E-state index contributed by atoms with van der Waals surface area (Å²) in [6.07, 6.45) is 5.07. The smallest absolute Gasteiger partial charge is 0.251 e. The average Bonchev–Trinajstić information content (AvgIpc) is 3.24. The van der Waals surface area contributed by atoms with Gasteiger partial charge in [-0.05, 0) is 69.2 Å². The van der Waals surface area contributed by atoms with Gasteiger partial charge in [0.05, 0.1) is 7.11 Å². The lowest BCUT2D eigenvalue weighted by Gasteiger charge is -2.28. The van der Waals surface area contributed by atoms with E-state index in [-0.39, 0.29) is 22.6 Å². The first-order chi connectivity index (χ1) is 11.9. The molecule has 2 N–H and O–H groups in total. The number of rotatable bonds is 6. The molecule has 25 heavy (non-hydrogen) atoms. The van der Waals surface area contributed by atoms with E-state index in [1.165, 1.54) is 52.0 Å². The van der Waals surface area contributed by atoms with Crippen molar-refractivity contribution in [1.82, 2.24) is 10.0 Å². The molecule has 4 atom stereocenters. The molecule has 2 bridgehead atoms. The zero-order valence-corrected chi connectivity index (χ0v) is 15.7. The molecule has 138 valence electrons. The Labute approximate surface area is 149 Å². The Kier molecular flexibility index (Phi) is 5.06. The van der Waals surface area contributed by atoms with Crippen LogP contribution in [0.5, 0.6) is 5.75 Å². The summed E-state index contributed by atoms with van der Waals surface area (Å²) in [7, 11) is -0.967. The summed E-state index contributed by atoms with van der Waals surface area (Å²) in [5.74, 6) is 2.04. The number of carbonyl (C=O) groups excluding carboxylic acids is 1. The van der Waals surface area contributed by atoms with Crippen molar-refractivity contribution in [3.8, 4) is 5.75 Å². The standard InChI is InChI=1S/C18H26N2O4S/c1-11(15-9-12-4-5-13(15)8-12)20-18(21)14-6-7-16(24-3)17(10-14)25(22,23)19-2/h6-7,10-13,15,19H,4-5,8-9H2,1-3H3,(H,20,21). The highest BCUT2D eigenvalue weighted by Gasteiger charge is 2.42. The molecule has 1 amide bonds. The number of ether oxygens (including phenoxy) is 1. The summed E-state index contributed by atoms with van der Waals surface area (Å²) in [6, 6.07) is 4.57. The van der Waals surface area contributed by atoms with Crippen LogP contribution in [0.4, 0.5) is 0 Å². The molecule has 0 saturated heterocycles. The van der Waals surface area contributed by atoms with E-state index >= 15 is 0 Å². The van der Waals surface area contributed by atoms with Crippen LogP contribution < -0.4 is 14.8 Å². The van der Waals surface area contributed by atoms with Crippen LogP contribution in [0.15, 0.2) is 23.1 Å². The van der Waals surface area contributed by atoms with Gasteiger partial charge in [0.25, 0.3) is 5.91 Å². The van der Waals surface area contributed by atoms with Gasteiger partial charge in [-0.15, -0.1) is 0 Å². The van der Waals surface area contributed by atoms with Gasteiger partial charge in [-0.25, -0.2) is 13.1 Å². The van der Waals surface area contributed by atoms with Crippen LogP contribution in [-0.4, -0.2) is 34.5 Å². The van der Waals surface area contributed by atoms with Crippen LogP contribution >= 0.6 is 0 Å². The Morgan fingerprint density at radius 2 is 2.04 bits per heavy atom. The maximum Gasteiger partial charge on any atom is 0.251 e. The van der Waals surface area contributed by atoms with E-state index in [2.05, 4.69) is 17.0 Å². The van der Waals surface area contributed by atoms with Crippen LogP contribution in [0.1, 0.15) is 43.0 Å². The fourth-order valence-electron chi connectivity index (χ4n) is 4.44. The second kappa shape index (κ2) is 6.96. The lowest BCUT2D eigenvalue weighted by Crippen LogP contribution is -2.40. The normalized spacial score (nSPS) is 26.4. The number of carbonyl (C=O) groups is 1. The molecule has 0 aliphatic heterocycles. The summed E-state index contributed by atoms with van der Waals surface area (Å²) < 4.78 is 31.7. The summed E-state index contributed by atoms with van der Waals surface area (Å²) in [4.78, 5) is 12.6. The molecule has 2 aliphatic carbocycles. The number of fused-ring (bicyclic) bond motifs is 2. The fraction of sp³-hybridized carbons (Fsp3) is 0.611. The van der Waals surface area contributed by atoms with Gasteiger partial charge in [0.1, 0.15) is 10.6 Å². The zero-order chi connectivity index (χ0) is 18.2. The van der Waals surface area contributed by atoms with Crippen LogP contribution in [-0.2, 0) is 10.0 Å². The predicted octanol–water partition coefficient (Wildman–Crippen LogP) is 2.16. The Balaban J connectivity index is 1.77. The highest BCUT2D eigenvalue weighted by molar-refractivity contribution is 7.89. The summed E-state index contributed by atoms with van der Waals surface area (Å²) in [5.41, 5.74) is 0.324. The molecular weight excluding hydrogens is 340 g/mol. The number of benzene rings is 1. The van der Waals surface area contributed by atoms with E-state index in [9.17, 15) is 13.2 Å². The molecule has 3 rings (SSSR count). The molecule has 1 aromatic rings. The van der Waals surface area contributed by atoms with Crippen molar-refractivity contribution in [1.29, 1.82) is 0 Å². The number of sulfonamides is 1. The second-order valence-corrected chi connectivity index (χ2v) is 9.03. The maximum absolute atomic E-state index is 12.6. The monoisotopic (exact) mass is 366 g/mol. The lowest BCUT2D eigenvalue weighted by atomic mass is 9.84. The van der Waals surface area contributed by atoms with E-state index in [0.717, 1.165) is 11.8 Å². The molecule has 2 saturated carbocycles. The van der Waals surface area contributed by atoms with E-state index in [1.807, 2.05) is 0 Å².